The van der Waals surface area contributed by atoms with Crippen LogP contribution in [0.4, 0.5) is 0 Å². The van der Waals surface area contributed by atoms with Crippen LogP contribution in [0.25, 0.3) is 0 Å². The van der Waals surface area contributed by atoms with E-state index in [1.54, 1.807) is 14.2 Å². The van der Waals surface area contributed by atoms with E-state index in [4.69, 9.17) is 52.1 Å². The van der Waals surface area contributed by atoms with Crippen molar-refractivity contribution in [2.45, 2.75) is 32.3 Å². The molecule has 0 N–H and O–H groups in total. The minimum atomic E-state index is 0.415. The molecule has 12 heteroatoms. The van der Waals surface area contributed by atoms with Gasteiger partial charge in [0.15, 0.2) is 0 Å². The van der Waals surface area contributed by atoms with E-state index in [1.807, 2.05) is 18.2 Å². The lowest BCUT2D eigenvalue weighted by molar-refractivity contribution is -0.000118. The highest BCUT2D eigenvalue weighted by atomic mass is 79.9. The fraction of sp³-hybridized carbons (Fsp3) is 0.806. The molecule has 1 rings (SSSR count). The van der Waals surface area contributed by atoms with Crippen molar-refractivity contribution in [1.29, 1.82) is 0 Å². The van der Waals surface area contributed by atoms with Crippen LogP contribution >= 0.6 is 15.9 Å². The molecule has 1 aromatic carbocycles. The van der Waals surface area contributed by atoms with Gasteiger partial charge in [-0.15, -0.1) is 0 Å². The molecule has 0 aromatic heterocycles. The molecule has 0 saturated carbocycles. The van der Waals surface area contributed by atoms with Crippen molar-refractivity contribution in [3.63, 3.8) is 0 Å². The molecule has 0 atom stereocenters. The van der Waals surface area contributed by atoms with Crippen LogP contribution < -0.4 is 9.47 Å². The Balaban J connectivity index is 2.31. The number of halogens is 1. The Morgan fingerprint density at radius 1 is 0.419 bits per heavy atom. The fourth-order valence-corrected chi connectivity index (χ4v) is 3.92. The summed E-state index contributed by atoms with van der Waals surface area (Å²) in [7, 11) is 3.30. The Morgan fingerprint density at radius 2 is 0.814 bits per heavy atom. The van der Waals surface area contributed by atoms with E-state index in [2.05, 4.69) is 15.9 Å². The van der Waals surface area contributed by atoms with Crippen LogP contribution in [0.1, 0.15) is 31.2 Å². The summed E-state index contributed by atoms with van der Waals surface area (Å²) in [6, 6.07) is 5.84. The molecule has 0 aliphatic heterocycles. The molecule has 0 spiro atoms. The summed E-state index contributed by atoms with van der Waals surface area (Å²) < 4.78 is 60.6. The number of ether oxygens (including phenoxy) is 11. The second kappa shape index (κ2) is 32.3. The van der Waals surface area contributed by atoms with Crippen LogP contribution in [0.3, 0.4) is 0 Å². The molecule has 0 aliphatic carbocycles. The Labute approximate surface area is 267 Å². The first kappa shape index (κ1) is 40.0. The number of alkyl halides is 1. The van der Waals surface area contributed by atoms with Gasteiger partial charge >= 0.3 is 0 Å². The Bertz CT molecular complexity index is 668. The number of benzene rings is 1. The van der Waals surface area contributed by atoms with Gasteiger partial charge in [0.2, 0.25) is 0 Å². The lowest BCUT2D eigenvalue weighted by Gasteiger charge is -2.13. The summed E-state index contributed by atoms with van der Waals surface area (Å²) >= 11 is 3.48. The summed E-state index contributed by atoms with van der Waals surface area (Å²) in [5, 5.41) is 1.05. The van der Waals surface area contributed by atoms with Gasteiger partial charge in [0.05, 0.1) is 99.1 Å². The Kier molecular flexibility index (Phi) is 30.1. The summed E-state index contributed by atoms with van der Waals surface area (Å²) in [6.45, 7) is 9.42. The van der Waals surface area contributed by atoms with Crippen LogP contribution in [0, 0.1) is 0 Å². The molecule has 1 aromatic rings. The van der Waals surface area contributed by atoms with Crippen molar-refractivity contribution in [3.8, 4) is 11.5 Å². The standard InChI is InChI=1S/C31H55BrO11/c1-33-9-11-35-13-15-37-17-19-39-21-23-42-30-25-29(28-41-8-6-4-3-5-7-32)26-31(27-30)43-24-22-40-20-18-38-16-14-36-12-10-34-2/h25-27H,3-24,28H2,1-2H3. The molecular weight excluding hydrogens is 628 g/mol. The third-order valence-corrected chi connectivity index (χ3v) is 6.29. The first-order chi connectivity index (χ1) is 21.3. The Hall–Kier alpha value is -1.06. The van der Waals surface area contributed by atoms with Crippen LogP contribution in [0.15, 0.2) is 18.2 Å². The highest BCUT2D eigenvalue weighted by Crippen LogP contribution is 2.24. The number of hydrogen-bond acceptors (Lipinski definition) is 11. The lowest BCUT2D eigenvalue weighted by Crippen LogP contribution is -2.14. The maximum atomic E-state index is 5.95. The minimum Gasteiger partial charge on any atom is -0.491 e. The lowest BCUT2D eigenvalue weighted by atomic mass is 10.2. The van der Waals surface area contributed by atoms with Gasteiger partial charge in [0.25, 0.3) is 0 Å². The van der Waals surface area contributed by atoms with Gasteiger partial charge in [-0.25, -0.2) is 0 Å². The average molecular weight is 684 g/mol. The van der Waals surface area contributed by atoms with E-state index in [1.165, 1.54) is 19.3 Å². The number of rotatable bonds is 34. The quantitative estimate of drug-likeness (QED) is 0.0768. The fourth-order valence-electron chi connectivity index (χ4n) is 3.53. The Morgan fingerprint density at radius 3 is 1.23 bits per heavy atom. The highest BCUT2D eigenvalue weighted by Gasteiger charge is 2.05. The summed E-state index contributed by atoms with van der Waals surface area (Å²) in [5.41, 5.74) is 0.997. The molecule has 0 saturated heterocycles. The SMILES string of the molecule is COCCOCCOCCOCCOc1cc(COCCCCCCBr)cc(OCCOCCOCCOCCOC)c1. The third-order valence-electron chi connectivity index (χ3n) is 5.73. The van der Waals surface area contributed by atoms with Gasteiger partial charge in [0.1, 0.15) is 24.7 Å². The number of unbranched alkanes of at least 4 members (excludes halogenated alkanes) is 3. The van der Waals surface area contributed by atoms with Crippen molar-refractivity contribution in [3.05, 3.63) is 23.8 Å². The molecule has 0 fully saturated rings. The highest BCUT2D eigenvalue weighted by molar-refractivity contribution is 9.09. The van der Waals surface area contributed by atoms with Crippen molar-refractivity contribution < 1.29 is 52.1 Å². The van der Waals surface area contributed by atoms with Crippen LogP contribution in [-0.4, -0.2) is 132 Å². The van der Waals surface area contributed by atoms with Crippen LogP contribution in [-0.2, 0) is 49.2 Å². The molecule has 0 heterocycles. The largest absolute Gasteiger partial charge is 0.491 e. The zero-order valence-electron chi connectivity index (χ0n) is 26.4. The monoisotopic (exact) mass is 682 g/mol. The first-order valence-corrected chi connectivity index (χ1v) is 16.4. The van der Waals surface area contributed by atoms with Crippen molar-refractivity contribution in [1.82, 2.24) is 0 Å². The second-order valence-electron chi connectivity index (χ2n) is 9.33. The van der Waals surface area contributed by atoms with E-state index in [-0.39, 0.29) is 0 Å². The van der Waals surface area contributed by atoms with Gasteiger partial charge in [-0.1, -0.05) is 28.8 Å². The van der Waals surface area contributed by atoms with E-state index < -0.39 is 0 Å². The molecule has 0 aliphatic rings. The van der Waals surface area contributed by atoms with Gasteiger partial charge in [-0.2, -0.15) is 0 Å². The predicted octanol–water partition coefficient (Wildman–Crippen LogP) is 4.31. The van der Waals surface area contributed by atoms with E-state index in [0.717, 1.165) is 23.9 Å². The molecule has 0 unspecified atom stereocenters. The van der Waals surface area contributed by atoms with Crippen molar-refractivity contribution in [2.24, 2.45) is 0 Å². The summed E-state index contributed by atoms with van der Waals surface area (Å²) in [6.07, 6.45) is 4.63. The zero-order valence-corrected chi connectivity index (χ0v) is 28.0. The van der Waals surface area contributed by atoms with Crippen molar-refractivity contribution >= 4 is 15.9 Å². The van der Waals surface area contributed by atoms with Crippen LogP contribution in [0.5, 0.6) is 11.5 Å². The maximum absolute atomic E-state index is 5.95. The molecule has 43 heavy (non-hydrogen) atoms. The smallest absolute Gasteiger partial charge is 0.123 e. The summed E-state index contributed by atoms with van der Waals surface area (Å²) in [5.74, 6) is 1.42. The second-order valence-corrected chi connectivity index (χ2v) is 10.1. The zero-order chi connectivity index (χ0) is 30.9. The number of methoxy groups -OCH3 is 2. The van der Waals surface area contributed by atoms with E-state index in [9.17, 15) is 0 Å². The molecule has 252 valence electrons. The third kappa shape index (κ3) is 27.0. The van der Waals surface area contributed by atoms with Gasteiger partial charge in [-0.05, 0) is 30.5 Å². The average Bonchev–Trinajstić information content (AvgIpc) is 3.01. The predicted molar refractivity (Wildman–Crippen MR) is 168 cm³/mol. The summed E-state index contributed by atoms with van der Waals surface area (Å²) in [4.78, 5) is 0. The topological polar surface area (TPSA) is 102 Å². The molecular formula is C31H55BrO11. The van der Waals surface area contributed by atoms with Crippen molar-refractivity contribution in [2.75, 3.05) is 132 Å². The molecule has 0 amide bonds. The molecule has 0 bridgehead atoms. The molecule has 0 radical (unpaired) electrons. The van der Waals surface area contributed by atoms with Gasteiger partial charge in [0, 0.05) is 32.2 Å². The van der Waals surface area contributed by atoms with Crippen LogP contribution in [0.2, 0.25) is 0 Å². The first-order valence-electron chi connectivity index (χ1n) is 15.3. The normalized spacial score (nSPS) is 11.3. The van der Waals surface area contributed by atoms with Gasteiger partial charge in [-0.3, -0.25) is 0 Å². The van der Waals surface area contributed by atoms with E-state index >= 15 is 0 Å². The van der Waals surface area contributed by atoms with E-state index in [0.29, 0.717) is 124 Å². The number of hydrogen-bond donors (Lipinski definition) is 0. The maximum Gasteiger partial charge on any atom is 0.123 e. The molecule has 11 nitrogen and oxygen atoms in total. The van der Waals surface area contributed by atoms with Gasteiger partial charge < -0.3 is 52.1 Å². The minimum absolute atomic E-state index is 0.415.